The van der Waals surface area contributed by atoms with Crippen LogP contribution in [0.2, 0.25) is 0 Å². The van der Waals surface area contributed by atoms with E-state index in [2.05, 4.69) is 31.3 Å². The number of amides is 1. The Bertz CT molecular complexity index is 971. The number of aliphatic hydroxyl groups excluding tert-OH is 3. The predicted molar refractivity (Wildman–Crippen MR) is 301 cm³/mol. The molecule has 0 spiro atoms. The number of unbranched alkanes of at least 4 members (excludes halogenated alkanes) is 49. The number of hydrogen-bond donors (Lipinski definition) is 4. The summed E-state index contributed by atoms with van der Waals surface area (Å²) in [5.41, 5.74) is 0. The normalized spacial score (nSPS) is 13.2. The molecule has 0 aromatic rings. The molecule has 3 atom stereocenters. The fourth-order valence-corrected chi connectivity index (χ4v) is 10.3. The molecule has 0 fully saturated rings. The van der Waals surface area contributed by atoms with Crippen LogP contribution in [0.15, 0.2) is 12.2 Å². The maximum Gasteiger partial charge on any atom is 0.249 e. The van der Waals surface area contributed by atoms with Crippen LogP contribution < -0.4 is 5.32 Å². The Hall–Kier alpha value is -0.910. The van der Waals surface area contributed by atoms with Gasteiger partial charge in [-0.15, -0.1) is 0 Å². The van der Waals surface area contributed by atoms with Gasteiger partial charge in [0.25, 0.3) is 0 Å². The highest BCUT2D eigenvalue weighted by Crippen LogP contribution is 2.19. The van der Waals surface area contributed by atoms with Crippen LogP contribution >= 0.6 is 0 Å². The third-order valence-electron chi connectivity index (χ3n) is 15.1. The molecule has 1 amide bonds. The van der Waals surface area contributed by atoms with Crippen molar-refractivity contribution < 1.29 is 20.1 Å². The zero-order valence-corrected chi connectivity index (χ0v) is 46.5. The first-order chi connectivity index (χ1) is 33.6. The second kappa shape index (κ2) is 58.7. The van der Waals surface area contributed by atoms with E-state index < -0.39 is 24.2 Å². The molecule has 0 aliphatic carbocycles. The summed E-state index contributed by atoms with van der Waals surface area (Å²) < 4.78 is 0. The van der Waals surface area contributed by atoms with E-state index in [0.29, 0.717) is 12.8 Å². The van der Waals surface area contributed by atoms with Gasteiger partial charge in [-0.05, 0) is 38.5 Å². The first kappa shape index (κ1) is 67.1. The molecular formula is C63H125NO4. The van der Waals surface area contributed by atoms with E-state index in [-0.39, 0.29) is 6.61 Å². The van der Waals surface area contributed by atoms with Crippen molar-refractivity contribution in [1.82, 2.24) is 5.32 Å². The molecule has 406 valence electrons. The molecule has 0 saturated carbocycles. The molecule has 5 nitrogen and oxygen atoms in total. The molecule has 0 heterocycles. The monoisotopic (exact) mass is 960 g/mol. The highest BCUT2D eigenvalue weighted by atomic mass is 16.3. The quantitative estimate of drug-likeness (QED) is 0.0361. The highest BCUT2D eigenvalue weighted by Gasteiger charge is 2.23. The van der Waals surface area contributed by atoms with Crippen LogP contribution in [0.3, 0.4) is 0 Å². The van der Waals surface area contributed by atoms with Crippen LogP contribution in [0.25, 0.3) is 0 Å². The number of rotatable bonds is 59. The number of allylic oxidation sites excluding steroid dienone is 2. The van der Waals surface area contributed by atoms with Crippen molar-refractivity contribution in [3.63, 3.8) is 0 Å². The van der Waals surface area contributed by atoms with Crippen molar-refractivity contribution in [2.75, 3.05) is 6.61 Å². The molecule has 0 bridgehead atoms. The van der Waals surface area contributed by atoms with Gasteiger partial charge in [0.05, 0.1) is 18.8 Å². The van der Waals surface area contributed by atoms with Gasteiger partial charge in [-0.1, -0.05) is 334 Å². The van der Waals surface area contributed by atoms with Gasteiger partial charge in [-0.2, -0.15) is 0 Å². The van der Waals surface area contributed by atoms with Crippen molar-refractivity contribution in [3.05, 3.63) is 12.2 Å². The second-order valence-electron chi connectivity index (χ2n) is 22.0. The van der Waals surface area contributed by atoms with Crippen molar-refractivity contribution >= 4 is 5.91 Å². The highest BCUT2D eigenvalue weighted by molar-refractivity contribution is 5.80. The van der Waals surface area contributed by atoms with Crippen LogP contribution in [0.4, 0.5) is 0 Å². The van der Waals surface area contributed by atoms with Gasteiger partial charge in [0, 0.05) is 0 Å². The second-order valence-corrected chi connectivity index (χ2v) is 22.0. The standard InChI is InChI=1S/C63H125NO4/c1-3-5-7-9-11-13-15-17-19-21-23-25-27-28-29-30-31-32-33-34-35-36-38-40-42-44-46-48-50-52-54-56-58-62(67)63(68)64-60(59-65)61(66)57-55-53-51-49-47-45-43-41-39-37-26-24-22-20-18-16-14-12-10-8-6-4-2/h28-29,60-62,65-67H,3-27,30-59H2,1-2H3,(H,64,68)/b29-28-. The minimum atomic E-state index is -1.07. The third-order valence-corrected chi connectivity index (χ3v) is 15.1. The van der Waals surface area contributed by atoms with Crippen LogP contribution in [0.1, 0.15) is 361 Å². The SMILES string of the molecule is CCCCCCCCCCCCCC/C=C\CCCCCCCCCCCCCCCCCCC(O)C(=O)NC(CO)C(O)CCCCCCCCCCCCCCCCCCCCCCCC. The lowest BCUT2D eigenvalue weighted by Gasteiger charge is -2.23. The molecule has 0 rings (SSSR count). The smallest absolute Gasteiger partial charge is 0.249 e. The molecule has 0 aliphatic rings. The average molecular weight is 961 g/mol. The summed E-state index contributed by atoms with van der Waals surface area (Å²) in [4.78, 5) is 12.6. The molecule has 0 radical (unpaired) electrons. The number of carbonyl (C=O) groups is 1. The average Bonchev–Trinajstić information content (AvgIpc) is 3.34. The lowest BCUT2D eigenvalue weighted by atomic mass is 10.0. The Morgan fingerprint density at radius 1 is 0.338 bits per heavy atom. The molecule has 5 heteroatoms. The number of carbonyl (C=O) groups excluding carboxylic acids is 1. The first-order valence-electron chi connectivity index (χ1n) is 31.5. The third kappa shape index (κ3) is 52.9. The molecule has 0 aromatic heterocycles. The minimum Gasteiger partial charge on any atom is -0.394 e. The van der Waals surface area contributed by atoms with Crippen LogP contribution in [-0.4, -0.2) is 46.1 Å². The van der Waals surface area contributed by atoms with Crippen molar-refractivity contribution in [1.29, 1.82) is 0 Å². The number of aliphatic hydroxyl groups is 3. The summed E-state index contributed by atoms with van der Waals surface area (Å²) in [7, 11) is 0. The minimum absolute atomic E-state index is 0.309. The Labute approximate surface area is 427 Å². The van der Waals surface area contributed by atoms with E-state index in [4.69, 9.17) is 0 Å². The van der Waals surface area contributed by atoms with Crippen molar-refractivity contribution in [2.45, 2.75) is 379 Å². The Kier molecular flexibility index (Phi) is 57.9. The summed E-state index contributed by atoms with van der Waals surface area (Å²) in [6.45, 7) is 4.28. The summed E-state index contributed by atoms with van der Waals surface area (Å²) >= 11 is 0. The lowest BCUT2D eigenvalue weighted by Crippen LogP contribution is -2.49. The van der Waals surface area contributed by atoms with Crippen molar-refractivity contribution in [2.24, 2.45) is 0 Å². The maximum atomic E-state index is 12.6. The van der Waals surface area contributed by atoms with Gasteiger partial charge in [0.2, 0.25) is 5.91 Å². The van der Waals surface area contributed by atoms with Gasteiger partial charge in [-0.3, -0.25) is 4.79 Å². The molecular weight excluding hydrogens is 835 g/mol. The van der Waals surface area contributed by atoms with Gasteiger partial charge >= 0.3 is 0 Å². The molecule has 68 heavy (non-hydrogen) atoms. The first-order valence-corrected chi connectivity index (χ1v) is 31.5. The fraction of sp³-hybridized carbons (Fsp3) is 0.952. The summed E-state index contributed by atoms with van der Waals surface area (Å²) in [6.07, 6.45) is 74.3. The molecule has 3 unspecified atom stereocenters. The van der Waals surface area contributed by atoms with E-state index >= 15 is 0 Å². The van der Waals surface area contributed by atoms with Crippen LogP contribution in [0, 0.1) is 0 Å². The van der Waals surface area contributed by atoms with Gasteiger partial charge in [0.15, 0.2) is 0 Å². The lowest BCUT2D eigenvalue weighted by molar-refractivity contribution is -0.131. The van der Waals surface area contributed by atoms with Gasteiger partial charge in [0.1, 0.15) is 6.10 Å². The number of nitrogens with one attached hydrogen (secondary N) is 1. The molecule has 0 aromatic carbocycles. The van der Waals surface area contributed by atoms with E-state index in [9.17, 15) is 20.1 Å². The van der Waals surface area contributed by atoms with Crippen LogP contribution in [-0.2, 0) is 4.79 Å². The predicted octanol–water partition coefficient (Wildman–Crippen LogP) is 19.8. The van der Waals surface area contributed by atoms with Gasteiger partial charge < -0.3 is 20.6 Å². The Balaban J connectivity index is 3.47. The van der Waals surface area contributed by atoms with E-state index in [1.807, 2.05) is 0 Å². The maximum absolute atomic E-state index is 12.6. The summed E-state index contributed by atoms with van der Waals surface area (Å²) in [5, 5.41) is 33.6. The number of hydrogen-bond acceptors (Lipinski definition) is 4. The van der Waals surface area contributed by atoms with E-state index in [1.165, 1.54) is 302 Å². The topological polar surface area (TPSA) is 89.8 Å². The zero-order chi connectivity index (χ0) is 49.3. The van der Waals surface area contributed by atoms with Crippen molar-refractivity contribution in [3.8, 4) is 0 Å². The molecule has 0 aliphatic heterocycles. The Morgan fingerprint density at radius 3 is 0.809 bits per heavy atom. The molecule has 0 saturated heterocycles. The van der Waals surface area contributed by atoms with Crippen LogP contribution in [0.5, 0.6) is 0 Å². The Morgan fingerprint density at radius 2 is 0.559 bits per heavy atom. The van der Waals surface area contributed by atoms with Gasteiger partial charge in [-0.25, -0.2) is 0 Å². The largest absolute Gasteiger partial charge is 0.394 e. The van der Waals surface area contributed by atoms with E-state index in [1.54, 1.807) is 0 Å². The summed E-state index contributed by atoms with van der Waals surface area (Å²) in [5.74, 6) is -0.462. The zero-order valence-electron chi connectivity index (χ0n) is 46.5. The summed E-state index contributed by atoms with van der Waals surface area (Å²) in [6, 6.07) is -0.710. The fourth-order valence-electron chi connectivity index (χ4n) is 10.3. The van der Waals surface area contributed by atoms with E-state index in [0.717, 1.165) is 32.1 Å². The molecule has 4 N–H and O–H groups in total.